The summed E-state index contributed by atoms with van der Waals surface area (Å²) in [4.78, 5) is 5.26. The average molecular weight is 239 g/mol. The lowest BCUT2D eigenvalue weighted by atomic mass is 10.0. The van der Waals surface area contributed by atoms with Gasteiger partial charge in [-0.25, -0.2) is 0 Å². The van der Waals surface area contributed by atoms with Gasteiger partial charge in [-0.1, -0.05) is 6.92 Å². The molecule has 0 aromatic rings. The SMILES string of the molecule is CCC1CN(C)CCCN1CCC1CCNC1. The highest BCUT2D eigenvalue weighted by molar-refractivity contribution is 4.80. The van der Waals surface area contributed by atoms with E-state index in [0.717, 1.165) is 12.0 Å². The molecule has 2 rings (SSSR count). The van der Waals surface area contributed by atoms with E-state index in [1.165, 1.54) is 65.0 Å². The third-order valence-corrected chi connectivity index (χ3v) is 4.48. The fraction of sp³-hybridized carbons (Fsp3) is 1.00. The van der Waals surface area contributed by atoms with Gasteiger partial charge in [-0.3, -0.25) is 4.90 Å². The molecule has 0 aromatic carbocycles. The highest BCUT2D eigenvalue weighted by Crippen LogP contribution is 2.17. The normalized spacial score (nSPS) is 32.8. The van der Waals surface area contributed by atoms with Crippen molar-refractivity contribution >= 4 is 0 Å². The predicted molar refractivity (Wildman–Crippen MR) is 73.4 cm³/mol. The molecule has 0 aromatic heterocycles. The Balaban J connectivity index is 1.79. The molecule has 0 saturated carbocycles. The van der Waals surface area contributed by atoms with Gasteiger partial charge >= 0.3 is 0 Å². The molecule has 0 spiro atoms. The molecule has 2 heterocycles. The number of nitrogens with one attached hydrogen (secondary N) is 1. The van der Waals surface area contributed by atoms with Crippen LogP contribution in [0, 0.1) is 5.92 Å². The molecule has 0 amide bonds. The summed E-state index contributed by atoms with van der Waals surface area (Å²) in [6.45, 7) is 10.0. The second-order valence-corrected chi connectivity index (χ2v) is 5.86. The van der Waals surface area contributed by atoms with E-state index in [4.69, 9.17) is 0 Å². The van der Waals surface area contributed by atoms with Crippen molar-refractivity contribution in [3.63, 3.8) is 0 Å². The Labute approximate surface area is 107 Å². The smallest absolute Gasteiger partial charge is 0.0220 e. The molecule has 2 unspecified atom stereocenters. The van der Waals surface area contributed by atoms with Gasteiger partial charge in [0.1, 0.15) is 0 Å². The topological polar surface area (TPSA) is 18.5 Å². The summed E-state index contributed by atoms with van der Waals surface area (Å²) in [5.74, 6) is 0.938. The third-order valence-electron chi connectivity index (χ3n) is 4.48. The van der Waals surface area contributed by atoms with Gasteiger partial charge < -0.3 is 10.2 Å². The first-order valence-corrected chi connectivity index (χ1v) is 7.43. The van der Waals surface area contributed by atoms with Gasteiger partial charge in [-0.2, -0.15) is 0 Å². The maximum Gasteiger partial charge on any atom is 0.0220 e. The lowest BCUT2D eigenvalue weighted by Gasteiger charge is -2.30. The second-order valence-electron chi connectivity index (χ2n) is 5.86. The van der Waals surface area contributed by atoms with E-state index in [-0.39, 0.29) is 0 Å². The molecule has 2 saturated heterocycles. The van der Waals surface area contributed by atoms with Crippen LogP contribution in [0.2, 0.25) is 0 Å². The number of rotatable bonds is 4. The summed E-state index contributed by atoms with van der Waals surface area (Å²) in [6, 6.07) is 0.789. The first-order chi connectivity index (χ1) is 8.29. The summed E-state index contributed by atoms with van der Waals surface area (Å²) in [5, 5.41) is 3.48. The number of hydrogen-bond acceptors (Lipinski definition) is 3. The molecule has 1 N–H and O–H groups in total. The summed E-state index contributed by atoms with van der Waals surface area (Å²) in [7, 11) is 2.27. The maximum atomic E-state index is 3.48. The minimum Gasteiger partial charge on any atom is -0.316 e. The first-order valence-electron chi connectivity index (χ1n) is 7.43. The molecule has 100 valence electrons. The fourth-order valence-corrected chi connectivity index (χ4v) is 3.28. The minimum absolute atomic E-state index is 0.789. The van der Waals surface area contributed by atoms with Crippen molar-refractivity contribution in [2.24, 2.45) is 5.92 Å². The van der Waals surface area contributed by atoms with Crippen LogP contribution < -0.4 is 5.32 Å². The van der Waals surface area contributed by atoms with Crippen LogP contribution >= 0.6 is 0 Å². The quantitative estimate of drug-likeness (QED) is 0.800. The van der Waals surface area contributed by atoms with Gasteiger partial charge in [0.2, 0.25) is 0 Å². The molecular formula is C14H29N3. The van der Waals surface area contributed by atoms with Gasteiger partial charge in [0, 0.05) is 12.6 Å². The molecular weight excluding hydrogens is 210 g/mol. The standard InChI is InChI=1S/C14H29N3/c1-3-14-12-16(2)8-4-9-17(14)10-6-13-5-7-15-11-13/h13-15H,3-12H2,1-2H3. The van der Waals surface area contributed by atoms with E-state index >= 15 is 0 Å². The molecule has 2 fully saturated rings. The molecule has 0 aliphatic carbocycles. The van der Waals surface area contributed by atoms with Crippen molar-refractivity contribution in [3.8, 4) is 0 Å². The van der Waals surface area contributed by atoms with Gasteiger partial charge in [-0.15, -0.1) is 0 Å². The minimum atomic E-state index is 0.789. The van der Waals surface area contributed by atoms with Crippen molar-refractivity contribution in [1.82, 2.24) is 15.1 Å². The van der Waals surface area contributed by atoms with Gasteiger partial charge in [-0.05, 0) is 71.4 Å². The van der Waals surface area contributed by atoms with Crippen molar-refractivity contribution in [1.29, 1.82) is 0 Å². The van der Waals surface area contributed by atoms with Gasteiger partial charge in [0.25, 0.3) is 0 Å². The Morgan fingerprint density at radius 2 is 2.18 bits per heavy atom. The third kappa shape index (κ3) is 3.94. The van der Waals surface area contributed by atoms with Crippen LogP contribution in [0.4, 0.5) is 0 Å². The van der Waals surface area contributed by atoms with E-state index in [9.17, 15) is 0 Å². The summed E-state index contributed by atoms with van der Waals surface area (Å²) in [6.07, 6.45) is 5.43. The van der Waals surface area contributed by atoms with E-state index in [1.807, 2.05) is 0 Å². The van der Waals surface area contributed by atoms with Crippen molar-refractivity contribution < 1.29 is 0 Å². The Morgan fingerprint density at radius 1 is 1.29 bits per heavy atom. The summed E-state index contributed by atoms with van der Waals surface area (Å²) >= 11 is 0. The number of nitrogens with zero attached hydrogens (tertiary/aromatic N) is 2. The molecule has 2 aliphatic rings. The summed E-state index contributed by atoms with van der Waals surface area (Å²) < 4.78 is 0. The average Bonchev–Trinajstić information content (AvgIpc) is 2.77. The fourth-order valence-electron chi connectivity index (χ4n) is 3.28. The van der Waals surface area contributed by atoms with Crippen LogP contribution in [0.1, 0.15) is 32.6 Å². The zero-order valence-corrected chi connectivity index (χ0v) is 11.6. The zero-order valence-electron chi connectivity index (χ0n) is 11.6. The van der Waals surface area contributed by atoms with Crippen LogP contribution in [0.3, 0.4) is 0 Å². The molecule has 0 radical (unpaired) electrons. The van der Waals surface area contributed by atoms with Crippen LogP contribution in [0.15, 0.2) is 0 Å². The largest absolute Gasteiger partial charge is 0.316 e. The van der Waals surface area contributed by atoms with E-state index in [2.05, 4.69) is 29.1 Å². The Bertz CT molecular complexity index is 214. The maximum absolute atomic E-state index is 3.48. The summed E-state index contributed by atoms with van der Waals surface area (Å²) in [5.41, 5.74) is 0. The zero-order chi connectivity index (χ0) is 12.1. The highest BCUT2D eigenvalue weighted by atomic mass is 15.2. The number of hydrogen-bond donors (Lipinski definition) is 1. The van der Waals surface area contributed by atoms with E-state index in [1.54, 1.807) is 0 Å². The van der Waals surface area contributed by atoms with Gasteiger partial charge in [0.15, 0.2) is 0 Å². The van der Waals surface area contributed by atoms with Crippen LogP contribution in [-0.2, 0) is 0 Å². The molecule has 2 aliphatic heterocycles. The van der Waals surface area contributed by atoms with Crippen LogP contribution in [0.5, 0.6) is 0 Å². The van der Waals surface area contributed by atoms with Crippen molar-refractivity contribution in [2.45, 2.75) is 38.6 Å². The predicted octanol–water partition coefficient (Wildman–Crippen LogP) is 1.40. The monoisotopic (exact) mass is 239 g/mol. The number of likely N-dealkylation sites (N-methyl/N-ethyl adjacent to an activating group) is 1. The van der Waals surface area contributed by atoms with Crippen molar-refractivity contribution in [2.75, 3.05) is 46.3 Å². The molecule has 3 nitrogen and oxygen atoms in total. The van der Waals surface area contributed by atoms with E-state index < -0.39 is 0 Å². The van der Waals surface area contributed by atoms with Crippen LogP contribution in [-0.4, -0.2) is 62.2 Å². The molecule has 3 heteroatoms. The first kappa shape index (κ1) is 13.3. The Hall–Kier alpha value is -0.120. The highest BCUT2D eigenvalue weighted by Gasteiger charge is 2.23. The molecule has 0 bridgehead atoms. The van der Waals surface area contributed by atoms with Crippen LogP contribution in [0.25, 0.3) is 0 Å². The molecule has 17 heavy (non-hydrogen) atoms. The Morgan fingerprint density at radius 3 is 2.88 bits per heavy atom. The lowest BCUT2D eigenvalue weighted by Crippen LogP contribution is -2.40. The van der Waals surface area contributed by atoms with Gasteiger partial charge in [0.05, 0.1) is 0 Å². The second kappa shape index (κ2) is 6.72. The lowest BCUT2D eigenvalue weighted by molar-refractivity contribution is 0.174. The Kier molecular flexibility index (Phi) is 5.26. The van der Waals surface area contributed by atoms with Crippen molar-refractivity contribution in [3.05, 3.63) is 0 Å². The van der Waals surface area contributed by atoms with E-state index in [0.29, 0.717) is 0 Å². The molecule has 2 atom stereocenters.